The fraction of sp³-hybridized carbons (Fsp3) is 0.722. The van der Waals surface area contributed by atoms with Crippen LogP contribution in [0.4, 0.5) is 0 Å². The van der Waals surface area contributed by atoms with Crippen molar-refractivity contribution >= 4 is 17.9 Å². The first-order valence-corrected chi connectivity index (χ1v) is 24.9. The number of unbranched alkanes of at least 4 members (excludes halogenated alkanes) is 21. The van der Waals surface area contributed by atoms with Crippen LogP contribution in [-0.4, -0.2) is 37.2 Å². The van der Waals surface area contributed by atoms with E-state index in [4.69, 9.17) is 14.2 Å². The number of carbonyl (C=O) groups excluding carboxylic acids is 3. The highest BCUT2D eigenvalue weighted by molar-refractivity contribution is 5.71. The average Bonchev–Trinajstić information content (AvgIpc) is 3.24. The maximum Gasteiger partial charge on any atom is 0.306 e. The molecule has 60 heavy (non-hydrogen) atoms. The summed E-state index contributed by atoms with van der Waals surface area (Å²) in [6.07, 6.45) is 60.2. The lowest BCUT2D eigenvalue weighted by atomic mass is 10.1. The number of carbonyl (C=O) groups is 3. The maximum atomic E-state index is 12.7. The van der Waals surface area contributed by atoms with Gasteiger partial charge in [0.1, 0.15) is 13.2 Å². The predicted octanol–water partition coefficient (Wildman–Crippen LogP) is 16.3. The highest BCUT2D eigenvalue weighted by atomic mass is 16.6. The van der Waals surface area contributed by atoms with Gasteiger partial charge in [0, 0.05) is 19.3 Å². The molecule has 6 nitrogen and oxygen atoms in total. The molecule has 344 valence electrons. The Morgan fingerprint density at radius 1 is 0.333 bits per heavy atom. The van der Waals surface area contributed by atoms with Crippen LogP contribution >= 0.6 is 0 Å². The molecule has 0 saturated carbocycles. The zero-order valence-corrected chi connectivity index (χ0v) is 39.2. The molecule has 0 saturated heterocycles. The van der Waals surface area contributed by atoms with Gasteiger partial charge in [-0.25, -0.2) is 0 Å². The van der Waals surface area contributed by atoms with Crippen molar-refractivity contribution in [3.8, 4) is 0 Å². The van der Waals surface area contributed by atoms with Gasteiger partial charge in [0.05, 0.1) is 0 Å². The molecule has 0 aromatic carbocycles. The van der Waals surface area contributed by atoms with Crippen LogP contribution in [-0.2, 0) is 28.6 Å². The molecular formula is C54H92O6. The minimum Gasteiger partial charge on any atom is -0.462 e. The number of hydrogen-bond acceptors (Lipinski definition) is 6. The van der Waals surface area contributed by atoms with E-state index < -0.39 is 6.10 Å². The molecule has 1 atom stereocenters. The third kappa shape index (κ3) is 45.9. The van der Waals surface area contributed by atoms with Crippen molar-refractivity contribution in [1.82, 2.24) is 0 Å². The Bertz CT molecular complexity index is 1140. The minimum atomic E-state index is -0.794. The average molecular weight is 837 g/mol. The molecule has 0 radical (unpaired) electrons. The predicted molar refractivity (Wildman–Crippen MR) is 256 cm³/mol. The standard InChI is InChI=1S/C54H92O6/c1-4-7-10-13-16-19-22-24-25-26-27-28-29-30-33-35-38-41-44-47-53(56)59-50-51(49-58-52(55)46-43-40-37-34-31-21-18-15-12-9-6-3)60-54(57)48-45-42-39-36-32-23-20-17-14-11-8-5-2/h15-20,24-25,27-28,30,33,51H,4-14,21-23,26,29,31-32,34-50H2,1-3H3/b18-15-,19-16-,20-17-,25-24-,28-27-,33-30-/t51-/m1/s1. The summed E-state index contributed by atoms with van der Waals surface area (Å²) in [5.41, 5.74) is 0. The Balaban J connectivity index is 4.43. The lowest BCUT2D eigenvalue weighted by Crippen LogP contribution is -2.30. The Kier molecular flexibility index (Phi) is 46.0. The number of allylic oxidation sites excluding steroid dienone is 12. The Morgan fingerprint density at radius 2 is 0.617 bits per heavy atom. The molecule has 0 amide bonds. The maximum absolute atomic E-state index is 12.7. The molecule has 0 aromatic rings. The van der Waals surface area contributed by atoms with E-state index in [0.717, 1.165) is 103 Å². The van der Waals surface area contributed by atoms with Gasteiger partial charge in [0.25, 0.3) is 0 Å². The van der Waals surface area contributed by atoms with Gasteiger partial charge in [-0.1, -0.05) is 177 Å². The van der Waals surface area contributed by atoms with Crippen molar-refractivity contribution in [3.63, 3.8) is 0 Å². The number of rotatable bonds is 44. The van der Waals surface area contributed by atoms with Gasteiger partial charge in [-0.05, 0) is 109 Å². The van der Waals surface area contributed by atoms with Gasteiger partial charge in [-0.15, -0.1) is 0 Å². The van der Waals surface area contributed by atoms with Crippen LogP contribution in [0.25, 0.3) is 0 Å². The number of ether oxygens (including phenoxy) is 3. The van der Waals surface area contributed by atoms with E-state index in [1.54, 1.807) is 0 Å². The summed E-state index contributed by atoms with van der Waals surface area (Å²) in [5, 5.41) is 0. The van der Waals surface area contributed by atoms with Crippen LogP contribution in [0.5, 0.6) is 0 Å². The summed E-state index contributed by atoms with van der Waals surface area (Å²) < 4.78 is 16.7. The third-order valence-electron chi connectivity index (χ3n) is 10.4. The van der Waals surface area contributed by atoms with Gasteiger partial charge in [-0.2, -0.15) is 0 Å². The summed E-state index contributed by atoms with van der Waals surface area (Å²) in [5.74, 6) is -0.947. The molecule has 6 heteroatoms. The summed E-state index contributed by atoms with van der Waals surface area (Å²) in [6.45, 7) is 6.49. The smallest absolute Gasteiger partial charge is 0.306 e. The Morgan fingerprint density at radius 3 is 1.02 bits per heavy atom. The van der Waals surface area contributed by atoms with Gasteiger partial charge < -0.3 is 14.2 Å². The van der Waals surface area contributed by atoms with Crippen molar-refractivity contribution in [2.75, 3.05) is 13.2 Å². The Hall–Kier alpha value is -3.15. The van der Waals surface area contributed by atoms with Crippen LogP contribution in [0.3, 0.4) is 0 Å². The van der Waals surface area contributed by atoms with Crippen LogP contribution in [0, 0.1) is 0 Å². The van der Waals surface area contributed by atoms with Gasteiger partial charge in [0.2, 0.25) is 0 Å². The topological polar surface area (TPSA) is 78.9 Å². The van der Waals surface area contributed by atoms with Crippen LogP contribution in [0.2, 0.25) is 0 Å². The lowest BCUT2D eigenvalue weighted by molar-refractivity contribution is -0.167. The van der Waals surface area contributed by atoms with Crippen molar-refractivity contribution in [2.24, 2.45) is 0 Å². The second-order valence-corrected chi connectivity index (χ2v) is 16.4. The first kappa shape index (κ1) is 56.9. The Labute approximate surface area is 370 Å². The van der Waals surface area contributed by atoms with Crippen molar-refractivity contribution in [1.29, 1.82) is 0 Å². The highest BCUT2D eigenvalue weighted by Gasteiger charge is 2.19. The SMILES string of the molecule is CCCC/C=C\CCCCCCCC(=O)OC[C@H](COC(=O)CCCCC/C=C\C/C=C\C/C=C\C/C=C\CCCCC)OC(=O)CCCCCCC/C=C\CCCCC. The fourth-order valence-corrected chi connectivity index (χ4v) is 6.58. The fourth-order valence-electron chi connectivity index (χ4n) is 6.58. The van der Waals surface area contributed by atoms with E-state index in [9.17, 15) is 14.4 Å². The molecule has 0 spiro atoms. The third-order valence-corrected chi connectivity index (χ3v) is 10.4. The van der Waals surface area contributed by atoms with Crippen LogP contribution < -0.4 is 0 Å². The molecule has 0 rings (SSSR count). The molecule has 0 bridgehead atoms. The number of esters is 3. The van der Waals surface area contributed by atoms with E-state index in [1.165, 1.54) is 89.9 Å². The van der Waals surface area contributed by atoms with E-state index in [-0.39, 0.29) is 31.1 Å². The largest absolute Gasteiger partial charge is 0.462 e. The van der Waals surface area contributed by atoms with Crippen molar-refractivity contribution in [2.45, 2.75) is 239 Å². The molecule has 0 aliphatic heterocycles. The van der Waals surface area contributed by atoms with Gasteiger partial charge >= 0.3 is 17.9 Å². The molecule has 0 aliphatic rings. The molecular weight excluding hydrogens is 745 g/mol. The number of hydrogen-bond donors (Lipinski definition) is 0. The highest BCUT2D eigenvalue weighted by Crippen LogP contribution is 2.13. The lowest BCUT2D eigenvalue weighted by Gasteiger charge is -2.18. The van der Waals surface area contributed by atoms with E-state index in [2.05, 4.69) is 93.7 Å². The van der Waals surface area contributed by atoms with E-state index in [0.29, 0.717) is 19.3 Å². The molecule has 0 aliphatic carbocycles. The van der Waals surface area contributed by atoms with E-state index >= 15 is 0 Å². The molecule has 0 heterocycles. The molecule has 0 aromatic heterocycles. The van der Waals surface area contributed by atoms with Crippen LogP contribution in [0.15, 0.2) is 72.9 Å². The molecule has 0 unspecified atom stereocenters. The second-order valence-electron chi connectivity index (χ2n) is 16.4. The normalized spacial score (nSPS) is 12.7. The summed E-state index contributed by atoms with van der Waals surface area (Å²) >= 11 is 0. The van der Waals surface area contributed by atoms with Gasteiger partial charge in [-0.3, -0.25) is 14.4 Å². The molecule has 0 fully saturated rings. The quantitative estimate of drug-likeness (QED) is 0.0263. The van der Waals surface area contributed by atoms with Crippen LogP contribution in [0.1, 0.15) is 233 Å². The summed E-state index contributed by atoms with van der Waals surface area (Å²) in [7, 11) is 0. The van der Waals surface area contributed by atoms with Gasteiger partial charge in [0.15, 0.2) is 6.10 Å². The first-order valence-electron chi connectivity index (χ1n) is 24.9. The second kappa shape index (κ2) is 48.5. The summed E-state index contributed by atoms with van der Waals surface area (Å²) in [4.78, 5) is 37.8. The minimum absolute atomic E-state index is 0.0940. The van der Waals surface area contributed by atoms with Crippen molar-refractivity contribution < 1.29 is 28.6 Å². The first-order chi connectivity index (χ1) is 29.5. The zero-order chi connectivity index (χ0) is 43.7. The van der Waals surface area contributed by atoms with E-state index in [1.807, 2.05) is 0 Å². The summed E-state index contributed by atoms with van der Waals surface area (Å²) in [6, 6.07) is 0. The molecule has 0 N–H and O–H groups in total. The van der Waals surface area contributed by atoms with Crippen molar-refractivity contribution in [3.05, 3.63) is 72.9 Å². The monoisotopic (exact) mass is 837 g/mol. The zero-order valence-electron chi connectivity index (χ0n) is 39.2.